The molecule has 1 aliphatic heterocycles. The molecule has 0 spiro atoms. The third-order valence-electron chi connectivity index (χ3n) is 5.89. The lowest BCUT2D eigenvalue weighted by molar-refractivity contribution is 0.0719. The van der Waals surface area contributed by atoms with Crippen LogP contribution in [-0.4, -0.2) is 46.8 Å². The third-order valence-corrected chi connectivity index (χ3v) is 6.44. The third kappa shape index (κ3) is 5.24. The molecule has 6 nitrogen and oxygen atoms in total. The molecule has 1 aromatic carbocycles. The number of pyridine rings is 1. The quantitative estimate of drug-likeness (QED) is 0.442. The Morgan fingerprint density at radius 1 is 1.00 bits per heavy atom. The van der Waals surface area contributed by atoms with E-state index in [-0.39, 0.29) is 12.1 Å². The van der Waals surface area contributed by atoms with Crippen molar-refractivity contribution in [3.63, 3.8) is 0 Å². The van der Waals surface area contributed by atoms with Gasteiger partial charge in [0, 0.05) is 48.4 Å². The van der Waals surface area contributed by atoms with Gasteiger partial charge in [-0.25, -0.2) is 9.97 Å². The van der Waals surface area contributed by atoms with Crippen molar-refractivity contribution < 1.29 is 4.74 Å². The number of aryl methyl sites for hydroxylation is 2. The topological polar surface area (TPSA) is 63.2 Å². The van der Waals surface area contributed by atoms with Crippen LogP contribution in [0.25, 0.3) is 11.3 Å². The van der Waals surface area contributed by atoms with Crippen LogP contribution in [0.15, 0.2) is 42.7 Å². The average Bonchev–Trinajstić information content (AvgIpc) is 3.22. The number of aromatic nitrogens is 3. The van der Waals surface area contributed by atoms with Gasteiger partial charge in [-0.15, -0.1) is 0 Å². The Balaban J connectivity index is 1.65. The molecule has 1 saturated heterocycles. The van der Waals surface area contributed by atoms with Gasteiger partial charge in [-0.2, -0.15) is 0 Å². The number of benzene rings is 1. The summed E-state index contributed by atoms with van der Waals surface area (Å²) in [6.07, 6.45) is 5.17. The van der Waals surface area contributed by atoms with Crippen molar-refractivity contribution in [3.05, 3.63) is 64.2 Å². The van der Waals surface area contributed by atoms with Crippen LogP contribution in [0.3, 0.4) is 0 Å². The Morgan fingerprint density at radius 3 is 2.42 bits per heavy atom. The molecule has 2 atom stereocenters. The van der Waals surface area contributed by atoms with Gasteiger partial charge in [0.25, 0.3) is 0 Å². The van der Waals surface area contributed by atoms with Gasteiger partial charge in [-0.1, -0.05) is 37.0 Å². The van der Waals surface area contributed by atoms with Gasteiger partial charge in [-0.05, 0) is 50.1 Å². The Morgan fingerprint density at radius 2 is 1.76 bits per heavy atom. The monoisotopic (exact) mass is 485 g/mol. The van der Waals surface area contributed by atoms with Crippen LogP contribution in [0.1, 0.15) is 32.2 Å². The fourth-order valence-electron chi connectivity index (χ4n) is 4.25. The summed E-state index contributed by atoms with van der Waals surface area (Å²) in [5.74, 6) is 0.814. The second-order valence-electron chi connectivity index (χ2n) is 8.00. The van der Waals surface area contributed by atoms with Crippen molar-refractivity contribution in [1.29, 1.82) is 0 Å². The molecule has 4 rings (SSSR count). The minimum atomic E-state index is 0.0464. The molecule has 2 unspecified atom stereocenters. The maximum atomic E-state index is 6.50. The number of nitrogens with one attached hydrogen (secondary N) is 1. The van der Waals surface area contributed by atoms with E-state index in [9.17, 15) is 0 Å². The highest BCUT2D eigenvalue weighted by molar-refractivity contribution is 6.36. The summed E-state index contributed by atoms with van der Waals surface area (Å²) in [5, 5.41) is 4.84. The lowest BCUT2D eigenvalue weighted by Gasteiger charge is -2.22. The van der Waals surface area contributed by atoms with Crippen molar-refractivity contribution in [2.75, 3.05) is 29.9 Å². The number of rotatable bonds is 8. The zero-order chi connectivity index (χ0) is 23.4. The molecular formula is C25H29Cl2N5O. The molecular weight excluding hydrogens is 457 g/mol. The second kappa shape index (κ2) is 10.7. The molecule has 3 heterocycles. The molecule has 1 fully saturated rings. The van der Waals surface area contributed by atoms with Gasteiger partial charge < -0.3 is 15.0 Å². The molecule has 33 heavy (non-hydrogen) atoms. The van der Waals surface area contributed by atoms with E-state index in [0.29, 0.717) is 16.7 Å². The zero-order valence-corrected chi connectivity index (χ0v) is 20.7. The largest absolute Gasteiger partial charge is 0.374 e. The first-order valence-corrected chi connectivity index (χ1v) is 12.2. The summed E-state index contributed by atoms with van der Waals surface area (Å²) in [6, 6.07) is 9.64. The number of halogens is 2. The van der Waals surface area contributed by atoms with Crippen LogP contribution in [0.5, 0.6) is 0 Å². The highest BCUT2D eigenvalue weighted by atomic mass is 35.5. The molecule has 1 N–H and O–H groups in total. The minimum Gasteiger partial charge on any atom is -0.374 e. The molecule has 174 valence electrons. The minimum absolute atomic E-state index is 0.0464. The van der Waals surface area contributed by atoms with Crippen LogP contribution >= 0.6 is 23.2 Å². The lowest BCUT2D eigenvalue weighted by Crippen LogP contribution is -2.35. The first-order valence-electron chi connectivity index (χ1n) is 11.4. The number of hydrogen-bond donors (Lipinski definition) is 1. The normalized spacial score (nSPS) is 18.0. The predicted molar refractivity (Wildman–Crippen MR) is 136 cm³/mol. The maximum absolute atomic E-state index is 6.50. The van der Waals surface area contributed by atoms with E-state index in [4.69, 9.17) is 37.9 Å². The van der Waals surface area contributed by atoms with Gasteiger partial charge in [0.05, 0.1) is 34.3 Å². The molecule has 2 aromatic heterocycles. The highest BCUT2D eigenvalue weighted by Gasteiger charge is 2.34. The van der Waals surface area contributed by atoms with Crippen LogP contribution in [0, 0.1) is 0 Å². The van der Waals surface area contributed by atoms with Crippen molar-refractivity contribution in [1.82, 2.24) is 15.0 Å². The van der Waals surface area contributed by atoms with Crippen LogP contribution < -0.4 is 10.2 Å². The molecule has 0 saturated carbocycles. The molecule has 1 aliphatic rings. The maximum Gasteiger partial charge on any atom is 0.148 e. The van der Waals surface area contributed by atoms with Crippen molar-refractivity contribution in [3.8, 4) is 11.3 Å². The van der Waals surface area contributed by atoms with Crippen LogP contribution in [0.2, 0.25) is 10.0 Å². The fourth-order valence-corrected chi connectivity index (χ4v) is 4.75. The summed E-state index contributed by atoms with van der Waals surface area (Å²) in [7, 11) is 0. The van der Waals surface area contributed by atoms with E-state index < -0.39 is 0 Å². The Hall–Kier alpha value is -2.41. The molecule has 0 radical (unpaired) electrons. The average molecular weight is 486 g/mol. The summed E-state index contributed by atoms with van der Waals surface area (Å²) in [4.78, 5) is 16.5. The second-order valence-corrected chi connectivity index (χ2v) is 8.84. The van der Waals surface area contributed by atoms with E-state index >= 15 is 0 Å². The van der Waals surface area contributed by atoms with Crippen LogP contribution in [0.4, 0.5) is 11.5 Å². The van der Waals surface area contributed by atoms with E-state index in [1.54, 1.807) is 6.07 Å². The van der Waals surface area contributed by atoms with E-state index in [2.05, 4.69) is 29.0 Å². The smallest absolute Gasteiger partial charge is 0.148 e. The van der Waals surface area contributed by atoms with Crippen molar-refractivity contribution in [2.45, 2.75) is 45.8 Å². The number of nitrogens with zero attached hydrogens (tertiary/aromatic N) is 4. The summed E-state index contributed by atoms with van der Waals surface area (Å²) >= 11 is 12.6. The number of anilines is 2. The van der Waals surface area contributed by atoms with E-state index in [0.717, 1.165) is 60.1 Å². The Labute approximate surface area is 205 Å². The van der Waals surface area contributed by atoms with Gasteiger partial charge >= 0.3 is 0 Å². The van der Waals surface area contributed by atoms with E-state index in [1.165, 1.54) is 0 Å². The fraction of sp³-hybridized carbons (Fsp3) is 0.400. The predicted octanol–water partition coefficient (Wildman–Crippen LogP) is 5.68. The SMILES string of the molecule is CCOC1CN(c2ccncc2)CC1Nc1nc(CC)c(-c2ccc(Cl)cc2Cl)nc1CC. The molecule has 0 bridgehead atoms. The lowest BCUT2D eigenvalue weighted by atomic mass is 10.1. The Kier molecular flexibility index (Phi) is 7.68. The zero-order valence-electron chi connectivity index (χ0n) is 19.2. The van der Waals surface area contributed by atoms with Gasteiger partial charge in [-0.3, -0.25) is 4.98 Å². The first-order chi connectivity index (χ1) is 16.0. The van der Waals surface area contributed by atoms with E-state index in [1.807, 2.05) is 43.6 Å². The first kappa shape index (κ1) is 23.7. The van der Waals surface area contributed by atoms with Gasteiger partial charge in [0.15, 0.2) is 0 Å². The number of ether oxygens (including phenoxy) is 1. The summed E-state index contributed by atoms with van der Waals surface area (Å²) < 4.78 is 6.09. The highest BCUT2D eigenvalue weighted by Crippen LogP contribution is 2.33. The van der Waals surface area contributed by atoms with Crippen LogP contribution in [-0.2, 0) is 17.6 Å². The summed E-state index contributed by atoms with van der Waals surface area (Å²) in [5.41, 5.74) is 4.61. The van der Waals surface area contributed by atoms with Crippen molar-refractivity contribution >= 4 is 34.7 Å². The molecule has 8 heteroatoms. The number of hydrogen-bond acceptors (Lipinski definition) is 6. The molecule has 3 aromatic rings. The Bertz CT molecular complexity index is 1100. The van der Waals surface area contributed by atoms with Crippen molar-refractivity contribution in [2.24, 2.45) is 0 Å². The molecule has 0 amide bonds. The molecule has 0 aliphatic carbocycles. The summed E-state index contributed by atoms with van der Waals surface area (Å²) in [6.45, 7) is 8.48. The standard InChI is InChI=1S/C25H29Cl2N5O/c1-4-20-24(18-8-7-16(26)13-19(18)27)29-21(5-2)25(30-20)31-22-14-32(15-23(22)33-6-3)17-9-11-28-12-10-17/h7-13,22-23H,4-6,14-15H2,1-3H3,(H,30,31). The van der Waals surface area contributed by atoms with Gasteiger partial charge in [0.2, 0.25) is 0 Å². The van der Waals surface area contributed by atoms with Gasteiger partial charge in [0.1, 0.15) is 5.82 Å².